The highest BCUT2D eigenvalue weighted by atomic mass is 127. The number of benzene rings is 1. The zero-order valence-corrected chi connectivity index (χ0v) is 21.6. The van der Waals surface area contributed by atoms with Gasteiger partial charge >= 0.3 is 0 Å². The number of hydrogen-bond donors (Lipinski definition) is 2. The Kier molecular flexibility index (Phi) is 12.5. The fourth-order valence-corrected chi connectivity index (χ4v) is 3.68. The highest BCUT2D eigenvalue weighted by Crippen LogP contribution is 2.38. The molecule has 0 saturated heterocycles. The van der Waals surface area contributed by atoms with E-state index < -0.39 is 0 Å². The minimum Gasteiger partial charge on any atom is -0.493 e. The summed E-state index contributed by atoms with van der Waals surface area (Å²) in [5.74, 6) is 2.65. The van der Waals surface area contributed by atoms with Crippen LogP contribution in [-0.4, -0.2) is 45.4 Å². The van der Waals surface area contributed by atoms with Gasteiger partial charge in [0, 0.05) is 24.2 Å². The van der Waals surface area contributed by atoms with Crippen molar-refractivity contribution in [3.63, 3.8) is 0 Å². The fraction of sp³-hybridized carbons (Fsp3) is 0.524. The highest BCUT2D eigenvalue weighted by molar-refractivity contribution is 14.0. The Hall–Kier alpha value is -1.75. The number of halogens is 1. The number of guanidine groups is 1. The molecule has 9 heteroatoms. The van der Waals surface area contributed by atoms with Crippen LogP contribution >= 0.6 is 35.3 Å². The van der Waals surface area contributed by atoms with Gasteiger partial charge < -0.3 is 24.8 Å². The summed E-state index contributed by atoms with van der Waals surface area (Å²) in [5, 5.41) is 10.0. The Morgan fingerprint density at radius 3 is 2.30 bits per heavy atom. The fourth-order valence-electron chi connectivity index (χ4n) is 2.86. The van der Waals surface area contributed by atoms with E-state index >= 15 is 0 Å². The molecule has 0 aliphatic rings. The van der Waals surface area contributed by atoms with Gasteiger partial charge in [0.2, 0.25) is 5.75 Å². The van der Waals surface area contributed by atoms with Crippen molar-refractivity contribution >= 4 is 41.3 Å². The summed E-state index contributed by atoms with van der Waals surface area (Å²) in [6.45, 7) is 6.27. The van der Waals surface area contributed by atoms with Gasteiger partial charge in [-0.3, -0.25) is 0 Å². The van der Waals surface area contributed by atoms with Crippen LogP contribution in [0.15, 0.2) is 22.5 Å². The van der Waals surface area contributed by atoms with Gasteiger partial charge in [0.25, 0.3) is 0 Å². The molecule has 0 atom stereocenters. The van der Waals surface area contributed by atoms with Crippen LogP contribution in [0.2, 0.25) is 0 Å². The summed E-state index contributed by atoms with van der Waals surface area (Å²) in [5.41, 5.74) is 2.09. The number of nitrogens with one attached hydrogen (secondary N) is 2. The zero-order valence-electron chi connectivity index (χ0n) is 18.4. The molecule has 1 heterocycles. The Morgan fingerprint density at radius 1 is 1.07 bits per heavy atom. The molecule has 1 aromatic carbocycles. The number of methoxy groups -OCH3 is 3. The first-order valence-electron chi connectivity index (χ1n) is 9.83. The minimum absolute atomic E-state index is 0. The van der Waals surface area contributed by atoms with Crippen molar-refractivity contribution in [1.29, 1.82) is 0 Å². The lowest BCUT2D eigenvalue weighted by Gasteiger charge is -2.14. The Labute approximate surface area is 200 Å². The van der Waals surface area contributed by atoms with E-state index in [0.717, 1.165) is 49.6 Å². The summed E-state index contributed by atoms with van der Waals surface area (Å²) >= 11 is 1.74. The molecule has 0 unspecified atom stereocenters. The SMILES string of the molecule is CCNC(=NCc1cc(OC)c(OC)c(OC)c1)NCCCCc1nc(C)cs1.I. The second-order valence-corrected chi connectivity index (χ2v) is 7.44. The van der Waals surface area contributed by atoms with Gasteiger partial charge in [-0.2, -0.15) is 0 Å². The summed E-state index contributed by atoms with van der Waals surface area (Å²) in [6, 6.07) is 3.84. The molecule has 2 N–H and O–H groups in total. The van der Waals surface area contributed by atoms with Gasteiger partial charge in [-0.25, -0.2) is 9.98 Å². The van der Waals surface area contributed by atoms with Crippen LogP contribution in [0.25, 0.3) is 0 Å². The number of unbranched alkanes of at least 4 members (excludes halogenated alkanes) is 1. The van der Waals surface area contributed by atoms with Crippen molar-refractivity contribution in [2.24, 2.45) is 4.99 Å². The maximum Gasteiger partial charge on any atom is 0.203 e. The zero-order chi connectivity index (χ0) is 21.1. The molecule has 2 aromatic rings. The largest absolute Gasteiger partial charge is 0.493 e. The monoisotopic (exact) mass is 548 g/mol. The molecule has 0 fully saturated rings. The van der Waals surface area contributed by atoms with Gasteiger partial charge in [0.15, 0.2) is 17.5 Å². The van der Waals surface area contributed by atoms with Crippen LogP contribution in [0, 0.1) is 6.92 Å². The van der Waals surface area contributed by atoms with Crippen molar-refractivity contribution < 1.29 is 14.2 Å². The van der Waals surface area contributed by atoms with Gasteiger partial charge in [0.1, 0.15) is 0 Å². The first-order valence-corrected chi connectivity index (χ1v) is 10.7. The van der Waals surface area contributed by atoms with Crippen LogP contribution in [0.5, 0.6) is 17.2 Å². The summed E-state index contributed by atoms with van der Waals surface area (Å²) in [6.07, 6.45) is 3.19. The second-order valence-electron chi connectivity index (χ2n) is 6.50. The smallest absolute Gasteiger partial charge is 0.203 e. The van der Waals surface area contributed by atoms with E-state index in [1.807, 2.05) is 19.1 Å². The number of hydrogen-bond acceptors (Lipinski definition) is 6. The van der Waals surface area contributed by atoms with Crippen molar-refractivity contribution in [2.75, 3.05) is 34.4 Å². The van der Waals surface area contributed by atoms with Gasteiger partial charge in [-0.1, -0.05) is 0 Å². The molecule has 2 rings (SSSR count). The predicted octanol–water partition coefficient (Wildman–Crippen LogP) is 4.17. The maximum atomic E-state index is 5.41. The van der Waals surface area contributed by atoms with Crippen LogP contribution in [0.1, 0.15) is 36.0 Å². The Bertz CT molecular complexity index is 773. The number of rotatable bonds is 11. The minimum atomic E-state index is 0. The normalized spacial score (nSPS) is 10.9. The van der Waals surface area contributed by atoms with Crippen molar-refractivity contribution in [3.05, 3.63) is 33.8 Å². The molecular weight excluding hydrogens is 515 g/mol. The molecule has 0 aliphatic heterocycles. The van der Waals surface area contributed by atoms with E-state index in [-0.39, 0.29) is 24.0 Å². The number of ether oxygens (including phenoxy) is 3. The number of aliphatic imine (C=N–C) groups is 1. The van der Waals surface area contributed by atoms with E-state index in [4.69, 9.17) is 14.2 Å². The topological polar surface area (TPSA) is 77.0 Å². The summed E-state index contributed by atoms with van der Waals surface area (Å²) < 4.78 is 16.2. The van der Waals surface area contributed by atoms with Crippen molar-refractivity contribution in [3.8, 4) is 17.2 Å². The molecule has 30 heavy (non-hydrogen) atoms. The molecule has 0 amide bonds. The number of aryl methyl sites for hydroxylation is 2. The Morgan fingerprint density at radius 2 is 1.77 bits per heavy atom. The number of aromatic nitrogens is 1. The van der Waals surface area contributed by atoms with Crippen LogP contribution in [0.3, 0.4) is 0 Å². The van der Waals surface area contributed by atoms with E-state index in [9.17, 15) is 0 Å². The number of nitrogens with zero attached hydrogens (tertiary/aromatic N) is 2. The van der Waals surface area contributed by atoms with Gasteiger partial charge in [0.05, 0.1) is 32.9 Å². The highest BCUT2D eigenvalue weighted by Gasteiger charge is 2.13. The van der Waals surface area contributed by atoms with Gasteiger partial charge in [-0.15, -0.1) is 35.3 Å². The van der Waals surface area contributed by atoms with E-state index in [1.54, 1.807) is 32.7 Å². The third-order valence-electron chi connectivity index (χ3n) is 4.26. The van der Waals surface area contributed by atoms with Crippen molar-refractivity contribution in [2.45, 2.75) is 39.7 Å². The third kappa shape index (κ3) is 8.17. The van der Waals surface area contributed by atoms with E-state index in [1.165, 1.54) is 5.01 Å². The molecular formula is C21H33IN4O3S. The van der Waals surface area contributed by atoms with Crippen molar-refractivity contribution in [1.82, 2.24) is 15.6 Å². The molecule has 1 aromatic heterocycles. The lowest BCUT2D eigenvalue weighted by atomic mass is 10.2. The Balaban J connectivity index is 0.00000450. The second kappa shape index (κ2) is 14.3. The quantitative estimate of drug-likeness (QED) is 0.190. The predicted molar refractivity (Wildman–Crippen MR) is 134 cm³/mol. The molecule has 0 bridgehead atoms. The standard InChI is InChI=1S/C21H32N4O3S.HI/c1-6-22-21(23-10-8-7-9-19-25-15(2)14-29-19)24-13-16-11-17(26-3)20(28-5)18(12-16)27-4;/h11-12,14H,6-10,13H2,1-5H3,(H2,22,23,24);1H. The molecule has 7 nitrogen and oxygen atoms in total. The maximum absolute atomic E-state index is 5.41. The molecule has 0 aliphatic carbocycles. The molecule has 0 spiro atoms. The van der Waals surface area contributed by atoms with Crippen LogP contribution in [0.4, 0.5) is 0 Å². The van der Waals surface area contributed by atoms with Gasteiger partial charge in [-0.05, 0) is 50.8 Å². The lowest BCUT2D eigenvalue weighted by Crippen LogP contribution is -2.37. The van der Waals surface area contributed by atoms with E-state index in [0.29, 0.717) is 23.8 Å². The van der Waals surface area contributed by atoms with Crippen LogP contribution < -0.4 is 24.8 Å². The average molecular weight is 548 g/mol. The lowest BCUT2D eigenvalue weighted by molar-refractivity contribution is 0.324. The molecule has 0 saturated carbocycles. The first kappa shape index (κ1) is 26.3. The number of thiazole rings is 1. The molecule has 0 radical (unpaired) electrons. The van der Waals surface area contributed by atoms with Crippen LogP contribution in [-0.2, 0) is 13.0 Å². The first-order chi connectivity index (χ1) is 14.1. The van der Waals surface area contributed by atoms with E-state index in [2.05, 4.69) is 32.9 Å². The molecule has 168 valence electrons. The summed E-state index contributed by atoms with van der Waals surface area (Å²) in [7, 11) is 4.83. The summed E-state index contributed by atoms with van der Waals surface area (Å²) in [4.78, 5) is 9.19. The average Bonchev–Trinajstić information content (AvgIpc) is 3.15. The third-order valence-corrected chi connectivity index (χ3v) is 5.29.